The van der Waals surface area contributed by atoms with Crippen molar-refractivity contribution in [2.24, 2.45) is 0 Å². The third kappa shape index (κ3) is 3.42. The van der Waals surface area contributed by atoms with Crippen molar-refractivity contribution < 1.29 is 18.3 Å². The topological polar surface area (TPSA) is 51.5 Å². The molecule has 1 N–H and O–H groups in total. The summed E-state index contributed by atoms with van der Waals surface area (Å²) in [5.41, 5.74) is 1.55. The second kappa shape index (κ2) is 6.15. The molecule has 19 heavy (non-hydrogen) atoms. The summed E-state index contributed by atoms with van der Waals surface area (Å²) in [6.45, 7) is 0.945. The van der Waals surface area contributed by atoms with Gasteiger partial charge >= 0.3 is 5.97 Å². The molecule has 2 rings (SSSR count). The summed E-state index contributed by atoms with van der Waals surface area (Å²) in [5.74, 6) is -0.584. The van der Waals surface area contributed by atoms with Crippen molar-refractivity contribution in [2.75, 3.05) is 7.11 Å². The molecule has 2 aromatic rings. The lowest BCUT2D eigenvalue weighted by atomic mass is 10.2. The Bertz CT molecular complexity index is 565. The highest BCUT2D eigenvalue weighted by molar-refractivity contribution is 5.87. The van der Waals surface area contributed by atoms with Gasteiger partial charge in [-0.1, -0.05) is 12.1 Å². The summed E-state index contributed by atoms with van der Waals surface area (Å²) >= 11 is 0. The molecular weight excluding hydrogens is 249 g/mol. The molecule has 0 amide bonds. The largest absolute Gasteiger partial charge is 0.463 e. The third-order valence-electron chi connectivity index (χ3n) is 2.65. The van der Waals surface area contributed by atoms with Gasteiger partial charge in [0.25, 0.3) is 0 Å². The maximum Gasteiger partial charge on any atom is 0.374 e. The SMILES string of the molecule is COC(=O)c1occc1CNCc1cccc(F)c1. The predicted octanol–water partition coefficient (Wildman–Crippen LogP) is 2.50. The fourth-order valence-electron chi connectivity index (χ4n) is 1.74. The van der Waals surface area contributed by atoms with E-state index >= 15 is 0 Å². The zero-order chi connectivity index (χ0) is 13.7. The van der Waals surface area contributed by atoms with Crippen LogP contribution in [0.3, 0.4) is 0 Å². The van der Waals surface area contributed by atoms with E-state index in [-0.39, 0.29) is 11.6 Å². The number of hydrogen-bond acceptors (Lipinski definition) is 4. The van der Waals surface area contributed by atoms with Gasteiger partial charge in [-0.2, -0.15) is 0 Å². The van der Waals surface area contributed by atoms with Crippen LogP contribution in [-0.2, 0) is 17.8 Å². The van der Waals surface area contributed by atoms with E-state index in [4.69, 9.17) is 4.42 Å². The standard InChI is InChI=1S/C14H14FNO3/c1-18-14(17)13-11(5-6-19-13)9-16-8-10-3-2-4-12(15)7-10/h2-7,16H,8-9H2,1H3. The van der Waals surface area contributed by atoms with E-state index in [1.165, 1.54) is 25.5 Å². The lowest BCUT2D eigenvalue weighted by Crippen LogP contribution is -2.14. The molecule has 100 valence electrons. The molecule has 0 atom stereocenters. The first-order valence-electron chi connectivity index (χ1n) is 5.80. The van der Waals surface area contributed by atoms with Crippen molar-refractivity contribution in [3.63, 3.8) is 0 Å². The summed E-state index contributed by atoms with van der Waals surface area (Å²) in [6, 6.07) is 8.04. The molecule has 0 spiro atoms. The monoisotopic (exact) mass is 263 g/mol. The van der Waals surface area contributed by atoms with Gasteiger partial charge in [-0.15, -0.1) is 0 Å². The Morgan fingerprint density at radius 3 is 2.95 bits per heavy atom. The number of rotatable bonds is 5. The summed E-state index contributed by atoms with van der Waals surface area (Å²) < 4.78 is 22.6. The third-order valence-corrected chi connectivity index (χ3v) is 2.65. The summed E-state index contributed by atoms with van der Waals surface area (Å²) in [4.78, 5) is 11.4. The smallest absolute Gasteiger partial charge is 0.374 e. The maximum absolute atomic E-state index is 13.0. The Morgan fingerprint density at radius 2 is 2.21 bits per heavy atom. The van der Waals surface area contributed by atoms with Gasteiger partial charge < -0.3 is 14.5 Å². The summed E-state index contributed by atoms with van der Waals surface area (Å²) in [7, 11) is 1.30. The zero-order valence-corrected chi connectivity index (χ0v) is 10.5. The highest BCUT2D eigenvalue weighted by Crippen LogP contribution is 2.12. The minimum absolute atomic E-state index is 0.189. The fraction of sp³-hybridized carbons (Fsp3) is 0.214. The van der Waals surface area contributed by atoms with Gasteiger partial charge in [0.2, 0.25) is 5.76 Å². The minimum Gasteiger partial charge on any atom is -0.463 e. The van der Waals surface area contributed by atoms with Crippen molar-refractivity contribution in [1.29, 1.82) is 0 Å². The minimum atomic E-state index is -0.507. The first-order chi connectivity index (χ1) is 9.20. The van der Waals surface area contributed by atoms with Crippen LogP contribution in [0, 0.1) is 5.82 Å². The second-order valence-electron chi connectivity index (χ2n) is 4.00. The highest BCUT2D eigenvalue weighted by Gasteiger charge is 2.15. The van der Waals surface area contributed by atoms with Crippen molar-refractivity contribution >= 4 is 5.97 Å². The Hall–Kier alpha value is -2.14. The Morgan fingerprint density at radius 1 is 1.37 bits per heavy atom. The molecule has 0 aliphatic carbocycles. The highest BCUT2D eigenvalue weighted by atomic mass is 19.1. The van der Waals surface area contributed by atoms with Gasteiger partial charge in [0.1, 0.15) is 5.82 Å². The van der Waals surface area contributed by atoms with Gasteiger partial charge in [-0.25, -0.2) is 9.18 Å². The molecule has 0 radical (unpaired) electrons. The number of methoxy groups -OCH3 is 1. The van der Waals surface area contributed by atoms with Crippen LogP contribution < -0.4 is 5.32 Å². The average Bonchev–Trinajstić information content (AvgIpc) is 2.86. The van der Waals surface area contributed by atoms with E-state index in [0.29, 0.717) is 18.7 Å². The van der Waals surface area contributed by atoms with Crippen LogP contribution in [0.4, 0.5) is 4.39 Å². The molecule has 0 unspecified atom stereocenters. The molecule has 4 nitrogen and oxygen atoms in total. The average molecular weight is 263 g/mol. The van der Waals surface area contributed by atoms with E-state index in [2.05, 4.69) is 10.1 Å². The van der Waals surface area contributed by atoms with Gasteiger partial charge in [0.15, 0.2) is 0 Å². The number of carbonyl (C=O) groups is 1. The van der Waals surface area contributed by atoms with Crippen LogP contribution in [0.2, 0.25) is 0 Å². The fourth-order valence-corrected chi connectivity index (χ4v) is 1.74. The van der Waals surface area contributed by atoms with E-state index in [0.717, 1.165) is 5.56 Å². The van der Waals surface area contributed by atoms with Gasteiger partial charge in [0, 0.05) is 18.7 Å². The number of halogens is 1. The van der Waals surface area contributed by atoms with E-state index in [1.807, 2.05) is 6.07 Å². The van der Waals surface area contributed by atoms with Gasteiger partial charge in [0.05, 0.1) is 13.4 Å². The van der Waals surface area contributed by atoms with Crippen molar-refractivity contribution in [1.82, 2.24) is 5.32 Å². The normalized spacial score (nSPS) is 10.4. The molecule has 0 aliphatic rings. The summed E-state index contributed by atoms with van der Waals surface area (Å²) in [5, 5.41) is 3.12. The van der Waals surface area contributed by atoms with Crippen LogP contribution in [0.1, 0.15) is 21.7 Å². The second-order valence-corrected chi connectivity index (χ2v) is 4.00. The molecule has 5 heteroatoms. The van der Waals surface area contributed by atoms with Gasteiger partial charge in [-0.05, 0) is 23.8 Å². The van der Waals surface area contributed by atoms with E-state index in [9.17, 15) is 9.18 Å². The molecular formula is C14H14FNO3. The Kier molecular flexibility index (Phi) is 4.30. The first-order valence-corrected chi connectivity index (χ1v) is 5.80. The molecule has 0 saturated heterocycles. The number of furan rings is 1. The number of hydrogen-bond donors (Lipinski definition) is 1. The number of nitrogens with one attached hydrogen (secondary N) is 1. The first kappa shape index (κ1) is 13.3. The van der Waals surface area contributed by atoms with Crippen molar-refractivity contribution in [3.8, 4) is 0 Å². The van der Waals surface area contributed by atoms with Crippen LogP contribution in [0.15, 0.2) is 41.0 Å². The van der Waals surface area contributed by atoms with Crippen LogP contribution >= 0.6 is 0 Å². The van der Waals surface area contributed by atoms with Crippen molar-refractivity contribution in [2.45, 2.75) is 13.1 Å². The molecule has 0 fully saturated rings. The lowest BCUT2D eigenvalue weighted by molar-refractivity contribution is 0.0563. The van der Waals surface area contributed by atoms with Crippen LogP contribution in [0.25, 0.3) is 0 Å². The molecule has 1 aromatic heterocycles. The molecule has 0 bridgehead atoms. The van der Waals surface area contributed by atoms with E-state index in [1.54, 1.807) is 12.1 Å². The predicted molar refractivity (Wildman–Crippen MR) is 67.0 cm³/mol. The summed E-state index contributed by atoms with van der Waals surface area (Å²) in [6.07, 6.45) is 1.44. The van der Waals surface area contributed by atoms with Crippen LogP contribution in [-0.4, -0.2) is 13.1 Å². The molecule has 1 aromatic carbocycles. The lowest BCUT2D eigenvalue weighted by Gasteiger charge is -2.05. The van der Waals surface area contributed by atoms with Crippen LogP contribution in [0.5, 0.6) is 0 Å². The number of benzene rings is 1. The van der Waals surface area contributed by atoms with Gasteiger partial charge in [-0.3, -0.25) is 0 Å². The Labute approximate surface area is 110 Å². The quantitative estimate of drug-likeness (QED) is 0.842. The maximum atomic E-state index is 13.0. The molecule has 0 saturated carbocycles. The zero-order valence-electron chi connectivity index (χ0n) is 10.5. The molecule has 1 heterocycles. The number of ether oxygens (including phenoxy) is 1. The number of esters is 1. The molecule has 0 aliphatic heterocycles. The Balaban J connectivity index is 1.93. The number of carbonyl (C=O) groups excluding carboxylic acids is 1. The van der Waals surface area contributed by atoms with E-state index < -0.39 is 5.97 Å². The van der Waals surface area contributed by atoms with Crippen molar-refractivity contribution in [3.05, 3.63) is 59.3 Å².